The van der Waals surface area contributed by atoms with Gasteiger partial charge in [-0.3, -0.25) is 14.5 Å². The fourth-order valence-corrected chi connectivity index (χ4v) is 3.85. The van der Waals surface area contributed by atoms with Crippen molar-refractivity contribution in [2.75, 3.05) is 6.54 Å². The van der Waals surface area contributed by atoms with Crippen LogP contribution in [0.4, 0.5) is 4.79 Å². The van der Waals surface area contributed by atoms with E-state index in [2.05, 4.69) is 10.3 Å². The molecule has 1 aliphatic heterocycles. The number of fused-ring (bicyclic) bond motifs is 1. The molecule has 2 fully saturated rings. The molecule has 1 aromatic carbocycles. The molecule has 3 amide bonds. The van der Waals surface area contributed by atoms with Gasteiger partial charge in [-0.1, -0.05) is 37.5 Å². The Morgan fingerprint density at radius 1 is 1.12 bits per heavy atom. The lowest BCUT2D eigenvalue weighted by Crippen LogP contribution is -2.48. The number of rotatable bonds is 3. The van der Waals surface area contributed by atoms with Crippen LogP contribution in [-0.2, 0) is 4.79 Å². The second-order valence-electron chi connectivity index (χ2n) is 6.64. The van der Waals surface area contributed by atoms with Crippen molar-refractivity contribution in [3.05, 3.63) is 36.0 Å². The number of amides is 3. The largest absolute Gasteiger partial charge is 0.360 e. The number of benzene rings is 1. The summed E-state index contributed by atoms with van der Waals surface area (Å²) >= 11 is 0. The predicted molar refractivity (Wildman–Crippen MR) is 88.7 cm³/mol. The summed E-state index contributed by atoms with van der Waals surface area (Å²) in [6.07, 6.45) is 5.90. The SMILES string of the molecule is O=C(CN1C(=O)NC2(CCCCC2)C1=O)c1c[nH]c2ccccc12. The highest BCUT2D eigenvalue weighted by atomic mass is 16.2. The molecule has 0 bridgehead atoms. The third kappa shape index (κ3) is 2.21. The second kappa shape index (κ2) is 5.47. The lowest BCUT2D eigenvalue weighted by atomic mass is 9.82. The van der Waals surface area contributed by atoms with Crippen LogP contribution in [0, 0.1) is 0 Å². The highest BCUT2D eigenvalue weighted by Gasteiger charge is 2.51. The zero-order valence-corrected chi connectivity index (χ0v) is 13.3. The van der Waals surface area contributed by atoms with Gasteiger partial charge in [0.2, 0.25) is 0 Å². The van der Waals surface area contributed by atoms with Crippen molar-refractivity contribution in [3.63, 3.8) is 0 Å². The number of ketones is 1. The minimum absolute atomic E-state index is 0.214. The Labute approximate surface area is 139 Å². The van der Waals surface area contributed by atoms with Crippen LogP contribution in [0.3, 0.4) is 0 Å². The van der Waals surface area contributed by atoms with Crippen molar-refractivity contribution in [2.45, 2.75) is 37.6 Å². The number of Topliss-reactive ketones (excluding diaryl/α,β-unsaturated/α-hetero) is 1. The van der Waals surface area contributed by atoms with E-state index in [0.29, 0.717) is 18.4 Å². The summed E-state index contributed by atoms with van der Waals surface area (Å²) in [6.45, 7) is -0.214. The number of urea groups is 1. The zero-order valence-electron chi connectivity index (χ0n) is 13.3. The van der Waals surface area contributed by atoms with Gasteiger partial charge in [0.15, 0.2) is 5.78 Å². The average Bonchev–Trinajstić information content (AvgIpc) is 3.11. The molecular weight excluding hydrogens is 306 g/mol. The summed E-state index contributed by atoms with van der Waals surface area (Å²) in [4.78, 5) is 41.8. The Hall–Kier alpha value is -2.63. The quantitative estimate of drug-likeness (QED) is 0.672. The normalized spacial score (nSPS) is 19.9. The fraction of sp³-hybridized carbons (Fsp3) is 0.389. The van der Waals surface area contributed by atoms with Gasteiger partial charge in [0.1, 0.15) is 5.54 Å². The van der Waals surface area contributed by atoms with Crippen LogP contribution in [-0.4, -0.2) is 39.7 Å². The molecule has 1 spiro atoms. The van der Waals surface area contributed by atoms with E-state index in [1.54, 1.807) is 6.20 Å². The van der Waals surface area contributed by atoms with E-state index in [9.17, 15) is 14.4 Å². The molecule has 0 radical (unpaired) electrons. The van der Waals surface area contributed by atoms with E-state index >= 15 is 0 Å². The average molecular weight is 325 g/mol. The molecule has 2 heterocycles. The lowest BCUT2D eigenvalue weighted by molar-refractivity contribution is -0.132. The molecule has 1 saturated carbocycles. The predicted octanol–water partition coefficient (Wildman–Crippen LogP) is 2.61. The molecule has 0 atom stereocenters. The number of nitrogens with one attached hydrogen (secondary N) is 2. The highest BCUT2D eigenvalue weighted by Crippen LogP contribution is 2.33. The number of carbonyl (C=O) groups excluding carboxylic acids is 3. The Bertz CT molecular complexity index is 833. The van der Waals surface area contributed by atoms with E-state index in [0.717, 1.165) is 35.1 Å². The second-order valence-corrected chi connectivity index (χ2v) is 6.64. The molecule has 2 aromatic rings. The first kappa shape index (κ1) is 14.9. The summed E-state index contributed by atoms with van der Waals surface area (Å²) < 4.78 is 0. The maximum atomic E-state index is 12.7. The van der Waals surface area contributed by atoms with Crippen molar-refractivity contribution >= 4 is 28.6 Å². The van der Waals surface area contributed by atoms with E-state index in [-0.39, 0.29) is 18.2 Å². The number of hydrogen-bond donors (Lipinski definition) is 2. The first-order valence-corrected chi connectivity index (χ1v) is 8.34. The van der Waals surface area contributed by atoms with Gasteiger partial charge in [-0.25, -0.2) is 4.79 Å². The van der Waals surface area contributed by atoms with Crippen LogP contribution in [0.2, 0.25) is 0 Å². The standard InChI is InChI=1S/C18H19N3O3/c22-15(13-10-19-14-7-3-2-6-12(13)14)11-21-16(23)18(20-17(21)24)8-4-1-5-9-18/h2-3,6-7,10,19H,1,4-5,8-9,11H2,(H,20,24). The smallest absolute Gasteiger partial charge is 0.325 e. The van der Waals surface area contributed by atoms with Gasteiger partial charge in [0.25, 0.3) is 5.91 Å². The molecule has 4 rings (SSSR count). The Balaban J connectivity index is 1.57. The van der Waals surface area contributed by atoms with Crippen LogP contribution < -0.4 is 5.32 Å². The van der Waals surface area contributed by atoms with Crippen molar-refractivity contribution in [1.82, 2.24) is 15.2 Å². The topological polar surface area (TPSA) is 82.3 Å². The van der Waals surface area contributed by atoms with Crippen molar-refractivity contribution < 1.29 is 14.4 Å². The van der Waals surface area contributed by atoms with Crippen LogP contribution in [0.25, 0.3) is 10.9 Å². The number of hydrogen-bond acceptors (Lipinski definition) is 3. The number of carbonyl (C=O) groups is 3. The molecule has 1 saturated heterocycles. The Morgan fingerprint density at radius 3 is 2.67 bits per heavy atom. The summed E-state index contributed by atoms with van der Waals surface area (Å²) in [5.41, 5.74) is 0.591. The molecule has 2 N–H and O–H groups in total. The lowest BCUT2D eigenvalue weighted by Gasteiger charge is -2.30. The summed E-state index contributed by atoms with van der Waals surface area (Å²) in [5.74, 6) is -0.482. The summed E-state index contributed by atoms with van der Waals surface area (Å²) in [7, 11) is 0. The third-order valence-electron chi connectivity index (χ3n) is 5.14. The van der Waals surface area contributed by atoms with E-state index in [1.165, 1.54) is 0 Å². The van der Waals surface area contributed by atoms with Gasteiger partial charge >= 0.3 is 6.03 Å². The third-order valence-corrected chi connectivity index (χ3v) is 5.14. The van der Waals surface area contributed by atoms with Gasteiger partial charge < -0.3 is 10.3 Å². The van der Waals surface area contributed by atoms with Gasteiger partial charge in [-0.2, -0.15) is 0 Å². The molecular formula is C18H19N3O3. The first-order chi connectivity index (χ1) is 11.6. The first-order valence-electron chi connectivity index (χ1n) is 8.34. The number of aromatic amines is 1. The molecule has 6 nitrogen and oxygen atoms in total. The minimum atomic E-state index is -0.782. The number of H-pyrrole nitrogens is 1. The maximum absolute atomic E-state index is 12.7. The van der Waals surface area contributed by atoms with E-state index in [4.69, 9.17) is 0 Å². The van der Waals surface area contributed by atoms with Gasteiger partial charge in [0.05, 0.1) is 6.54 Å². The molecule has 124 valence electrons. The molecule has 6 heteroatoms. The summed E-state index contributed by atoms with van der Waals surface area (Å²) in [6, 6.07) is 7.04. The summed E-state index contributed by atoms with van der Waals surface area (Å²) in [5, 5.41) is 3.64. The van der Waals surface area contributed by atoms with E-state index in [1.807, 2.05) is 24.3 Å². The molecule has 2 aliphatic rings. The number of aromatic nitrogens is 1. The van der Waals surface area contributed by atoms with Crippen molar-refractivity contribution in [1.29, 1.82) is 0 Å². The van der Waals surface area contributed by atoms with Crippen molar-refractivity contribution in [3.8, 4) is 0 Å². The highest BCUT2D eigenvalue weighted by molar-refractivity contribution is 6.14. The van der Waals surface area contributed by atoms with Gasteiger partial charge in [0, 0.05) is 22.7 Å². The minimum Gasteiger partial charge on any atom is -0.360 e. The van der Waals surface area contributed by atoms with Crippen LogP contribution in [0.5, 0.6) is 0 Å². The van der Waals surface area contributed by atoms with Gasteiger partial charge in [-0.15, -0.1) is 0 Å². The van der Waals surface area contributed by atoms with Crippen LogP contribution in [0.1, 0.15) is 42.5 Å². The van der Waals surface area contributed by atoms with Crippen LogP contribution in [0.15, 0.2) is 30.5 Å². The maximum Gasteiger partial charge on any atom is 0.325 e. The molecule has 1 aromatic heterocycles. The number of nitrogens with zero attached hydrogens (tertiary/aromatic N) is 1. The molecule has 1 aliphatic carbocycles. The van der Waals surface area contributed by atoms with Crippen LogP contribution >= 0.6 is 0 Å². The Kier molecular flexibility index (Phi) is 3.40. The zero-order chi connectivity index (χ0) is 16.7. The van der Waals surface area contributed by atoms with E-state index < -0.39 is 11.6 Å². The van der Waals surface area contributed by atoms with Crippen molar-refractivity contribution in [2.24, 2.45) is 0 Å². The number of para-hydroxylation sites is 1. The molecule has 0 unspecified atom stereocenters. The molecule has 24 heavy (non-hydrogen) atoms. The monoisotopic (exact) mass is 325 g/mol. The Morgan fingerprint density at radius 2 is 1.88 bits per heavy atom. The van der Waals surface area contributed by atoms with Gasteiger partial charge in [-0.05, 0) is 18.9 Å². The fourth-order valence-electron chi connectivity index (χ4n) is 3.85. The number of imide groups is 1.